The molecule has 1 aromatic rings. The van der Waals surface area contributed by atoms with Crippen LogP contribution in [0.2, 0.25) is 0 Å². The summed E-state index contributed by atoms with van der Waals surface area (Å²) in [7, 11) is 1.61. The fourth-order valence-corrected chi connectivity index (χ4v) is 1.48. The average molecular weight is 216 g/mol. The zero-order valence-electron chi connectivity index (χ0n) is 8.93. The van der Waals surface area contributed by atoms with Gasteiger partial charge in [-0.3, -0.25) is 4.79 Å². The van der Waals surface area contributed by atoms with Crippen molar-refractivity contribution in [2.45, 2.75) is 6.42 Å². The first-order valence-electron chi connectivity index (χ1n) is 5.09. The summed E-state index contributed by atoms with van der Waals surface area (Å²) in [5, 5.41) is 8.70. The van der Waals surface area contributed by atoms with Crippen LogP contribution in [-0.4, -0.2) is 18.2 Å². The highest BCUT2D eigenvalue weighted by Gasteiger charge is 2.42. The predicted molar refractivity (Wildman–Crippen MR) is 59.1 cm³/mol. The lowest BCUT2D eigenvalue weighted by molar-refractivity contribution is -0.138. The molecule has 2 rings (SSSR count). The van der Waals surface area contributed by atoms with Gasteiger partial charge >= 0.3 is 5.97 Å². The van der Waals surface area contributed by atoms with Gasteiger partial charge in [0.15, 0.2) is 0 Å². The Morgan fingerprint density at radius 2 is 2.12 bits per heavy atom. The van der Waals surface area contributed by atoms with Gasteiger partial charge < -0.3 is 9.84 Å². The fourth-order valence-electron chi connectivity index (χ4n) is 1.48. The molecule has 0 saturated heterocycles. The molecule has 0 unspecified atom stereocenters. The molecule has 1 aromatic carbocycles. The zero-order valence-corrected chi connectivity index (χ0v) is 8.93. The molecule has 0 aliphatic heterocycles. The highest BCUT2D eigenvalue weighted by atomic mass is 16.5. The molecule has 1 saturated carbocycles. The van der Waals surface area contributed by atoms with Crippen molar-refractivity contribution in [3.05, 3.63) is 29.8 Å². The Morgan fingerprint density at radius 3 is 2.62 bits per heavy atom. The second-order valence-corrected chi connectivity index (χ2v) is 3.78. The minimum absolute atomic E-state index is 0.0274. The van der Waals surface area contributed by atoms with Crippen LogP contribution in [0.15, 0.2) is 24.3 Å². The maximum absolute atomic E-state index is 10.6. The van der Waals surface area contributed by atoms with Gasteiger partial charge in [-0.2, -0.15) is 0 Å². The lowest BCUT2D eigenvalue weighted by Gasteiger charge is -1.97. The zero-order chi connectivity index (χ0) is 11.5. The van der Waals surface area contributed by atoms with E-state index in [1.165, 1.54) is 0 Å². The van der Waals surface area contributed by atoms with Gasteiger partial charge in [-0.1, -0.05) is 11.8 Å². The molecule has 0 aromatic heterocycles. The summed E-state index contributed by atoms with van der Waals surface area (Å²) in [5.41, 5.74) is 0.886. The van der Waals surface area contributed by atoms with Crippen LogP contribution < -0.4 is 4.74 Å². The molecule has 2 atom stereocenters. The molecular weight excluding hydrogens is 204 g/mol. The number of hydrogen-bond donors (Lipinski definition) is 1. The second kappa shape index (κ2) is 4.28. The van der Waals surface area contributed by atoms with Crippen molar-refractivity contribution in [1.29, 1.82) is 0 Å². The van der Waals surface area contributed by atoms with E-state index in [-0.39, 0.29) is 11.8 Å². The summed E-state index contributed by atoms with van der Waals surface area (Å²) in [6.07, 6.45) is 0.679. The smallest absolute Gasteiger partial charge is 0.307 e. The molecule has 0 radical (unpaired) electrons. The molecule has 0 amide bonds. The largest absolute Gasteiger partial charge is 0.497 e. The monoisotopic (exact) mass is 216 g/mol. The van der Waals surface area contributed by atoms with Crippen molar-refractivity contribution in [1.82, 2.24) is 0 Å². The van der Waals surface area contributed by atoms with E-state index in [0.717, 1.165) is 11.3 Å². The highest BCUT2D eigenvalue weighted by Crippen LogP contribution is 2.37. The Balaban J connectivity index is 2.00. The van der Waals surface area contributed by atoms with Crippen molar-refractivity contribution >= 4 is 5.97 Å². The van der Waals surface area contributed by atoms with Crippen LogP contribution in [0.5, 0.6) is 5.75 Å². The quantitative estimate of drug-likeness (QED) is 0.766. The van der Waals surface area contributed by atoms with Gasteiger partial charge in [0.05, 0.1) is 13.0 Å². The average Bonchev–Trinajstić information content (AvgIpc) is 3.06. The number of methoxy groups -OCH3 is 1. The Hall–Kier alpha value is -1.95. The molecule has 16 heavy (non-hydrogen) atoms. The van der Waals surface area contributed by atoms with E-state index in [1.54, 1.807) is 7.11 Å². The lowest BCUT2D eigenvalue weighted by atomic mass is 10.2. The summed E-state index contributed by atoms with van der Waals surface area (Å²) in [4.78, 5) is 10.6. The second-order valence-electron chi connectivity index (χ2n) is 3.78. The Morgan fingerprint density at radius 1 is 1.44 bits per heavy atom. The summed E-state index contributed by atoms with van der Waals surface area (Å²) in [6.45, 7) is 0. The summed E-state index contributed by atoms with van der Waals surface area (Å²) < 4.78 is 5.03. The Bertz CT molecular complexity index is 450. The van der Waals surface area contributed by atoms with Crippen LogP contribution in [0.1, 0.15) is 12.0 Å². The predicted octanol–water partition coefficient (Wildman–Crippen LogP) is 1.77. The number of carbonyl (C=O) groups is 1. The first-order valence-corrected chi connectivity index (χ1v) is 5.09. The van der Waals surface area contributed by atoms with Crippen LogP contribution >= 0.6 is 0 Å². The van der Waals surface area contributed by atoms with Crippen molar-refractivity contribution in [3.63, 3.8) is 0 Å². The first-order chi connectivity index (χ1) is 7.70. The third-order valence-electron chi connectivity index (χ3n) is 2.60. The number of aliphatic carboxylic acids is 1. The number of rotatable bonds is 2. The van der Waals surface area contributed by atoms with Crippen LogP contribution in [0, 0.1) is 23.7 Å². The molecule has 1 N–H and O–H groups in total. The maximum Gasteiger partial charge on any atom is 0.307 e. The minimum Gasteiger partial charge on any atom is -0.497 e. The van der Waals surface area contributed by atoms with Gasteiger partial charge in [-0.15, -0.1) is 0 Å². The Kier molecular flexibility index (Phi) is 2.82. The van der Waals surface area contributed by atoms with E-state index in [4.69, 9.17) is 9.84 Å². The summed E-state index contributed by atoms with van der Waals surface area (Å²) in [6, 6.07) is 7.41. The van der Waals surface area contributed by atoms with Crippen LogP contribution in [-0.2, 0) is 4.79 Å². The third kappa shape index (κ3) is 2.34. The van der Waals surface area contributed by atoms with E-state index in [9.17, 15) is 4.79 Å². The Labute approximate surface area is 94.0 Å². The molecule has 1 aliphatic carbocycles. The van der Waals surface area contributed by atoms with Crippen molar-refractivity contribution in [3.8, 4) is 17.6 Å². The van der Waals surface area contributed by atoms with E-state index in [1.807, 2.05) is 24.3 Å². The molecule has 1 aliphatic rings. The normalized spacial score (nSPS) is 21.8. The molecule has 1 fully saturated rings. The minimum atomic E-state index is -0.742. The number of benzene rings is 1. The SMILES string of the molecule is COc1ccc(C#C[C@H]2C[C@@H]2C(=O)O)cc1. The van der Waals surface area contributed by atoms with Crippen LogP contribution in [0.3, 0.4) is 0 Å². The standard InChI is InChI=1S/C13H12O3/c1-16-11-6-3-9(4-7-11)2-5-10-8-12(10)13(14)15/h3-4,6-7,10,12H,8H2,1H3,(H,14,15)/t10-,12-/m0/s1. The van der Waals surface area contributed by atoms with Gasteiger partial charge in [0, 0.05) is 11.5 Å². The van der Waals surface area contributed by atoms with E-state index in [0.29, 0.717) is 6.42 Å². The van der Waals surface area contributed by atoms with Crippen molar-refractivity contribution in [2.75, 3.05) is 7.11 Å². The first kappa shape index (κ1) is 10.6. The fraction of sp³-hybridized carbons (Fsp3) is 0.308. The van der Waals surface area contributed by atoms with E-state index >= 15 is 0 Å². The van der Waals surface area contributed by atoms with Crippen molar-refractivity contribution in [2.24, 2.45) is 11.8 Å². The van der Waals surface area contributed by atoms with Gasteiger partial charge in [0.2, 0.25) is 0 Å². The van der Waals surface area contributed by atoms with Gasteiger partial charge in [0.25, 0.3) is 0 Å². The molecule has 0 heterocycles. The number of ether oxygens (including phenoxy) is 1. The summed E-state index contributed by atoms with van der Waals surface area (Å²) >= 11 is 0. The third-order valence-corrected chi connectivity index (χ3v) is 2.60. The molecule has 0 spiro atoms. The van der Waals surface area contributed by atoms with E-state index in [2.05, 4.69) is 11.8 Å². The topological polar surface area (TPSA) is 46.5 Å². The number of carboxylic acid groups (broad SMARTS) is 1. The van der Waals surface area contributed by atoms with Crippen LogP contribution in [0.4, 0.5) is 0 Å². The van der Waals surface area contributed by atoms with Crippen LogP contribution in [0.25, 0.3) is 0 Å². The molecule has 0 bridgehead atoms. The highest BCUT2D eigenvalue weighted by molar-refractivity contribution is 5.74. The lowest BCUT2D eigenvalue weighted by Crippen LogP contribution is -1.98. The van der Waals surface area contributed by atoms with E-state index < -0.39 is 5.97 Å². The summed E-state index contributed by atoms with van der Waals surface area (Å²) in [5.74, 6) is 5.76. The molecule has 3 heteroatoms. The van der Waals surface area contributed by atoms with Gasteiger partial charge in [-0.25, -0.2) is 0 Å². The van der Waals surface area contributed by atoms with Gasteiger partial charge in [-0.05, 0) is 30.7 Å². The van der Waals surface area contributed by atoms with Gasteiger partial charge in [0.1, 0.15) is 5.75 Å². The maximum atomic E-state index is 10.6. The molecule has 82 valence electrons. The molecular formula is C13H12O3. The number of hydrogen-bond acceptors (Lipinski definition) is 2. The number of carboxylic acids is 1. The van der Waals surface area contributed by atoms with Crippen molar-refractivity contribution < 1.29 is 14.6 Å². The molecule has 3 nitrogen and oxygen atoms in total.